The number of carbonyl (C=O) groups is 2. The molecule has 25 heavy (non-hydrogen) atoms. The summed E-state index contributed by atoms with van der Waals surface area (Å²) in [4.78, 5) is 26.3. The Morgan fingerprint density at radius 3 is 2.64 bits per heavy atom. The molecule has 5 nitrogen and oxygen atoms in total. The Bertz CT molecular complexity index is 751. The molecular weight excluding hydrogens is 336 g/mol. The van der Waals surface area contributed by atoms with E-state index in [4.69, 9.17) is 4.74 Å². The van der Waals surface area contributed by atoms with Crippen LogP contribution in [-0.2, 0) is 9.59 Å². The highest BCUT2D eigenvalue weighted by molar-refractivity contribution is 7.99. The zero-order valence-corrected chi connectivity index (χ0v) is 14.8. The first-order valence-electron chi connectivity index (χ1n) is 8.19. The maximum Gasteiger partial charge on any atom is 0.248 e. The van der Waals surface area contributed by atoms with Crippen molar-refractivity contribution in [1.82, 2.24) is 4.90 Å². The van der Waals surface area contributed by atoms with E-state index in [2.05, 4.69) is 5.32 Å². The normalized spacial score (nSPS) is 16.5. The number of nitrogens with one attached hydrogen (secondary N) is 1. The molecular formula is C19H20N2O3S. The number of carbonyl (C=O) groups excluding carboxylic acids is 2. The lowest BCUT2D eigenvalue weighted by Gasteiger charge is -2.23. The molecule has 0 bridgehead atoms. The van der Waals surface area contributed by atoms with Crippen LogP contribution in [0.4, 0.5) is 5.69 Å². The van der Waals surface area contributed by atoms with Gasteiger partial charge in [-0.25, -0.2) is 0 Å². The van der Waals surface area contributed by atoms with Crippen LogP contribution >= 0.6 is 11.8 Å². The second-order valence-corrected chi connectivity index (χ2v) is 6.63. The molecule has 1 unspecified atom stereocenters. The summed E-state index contributed by atoms with van der Waals surface area (Å²) >= 11 is 1.59. The lowest BCUT2D eigenvalue weighted by atomic mass is 10.2. The Morgan fingerprint density at radius 2 is 1.88 bits per heavy atom. The van der Waals surface area contributed by atoms with Gasteiger partial charge in [-0.1, -0.05) is 37.3 Å². The van der Waals surface area contributed by atoms with Crippen LogP contribution < -0.4 is 10.1 Å². The summed E-state index contributed by atoms with van der Waals surface area (Å²) in [5.74, 6) is 2.26. The average molecular weight is 356 g/mol. The molecule has 1 atom stereocenters. The van der Waals surface area contributed by atoms with Gasteiger partial charge in [-0.15, -0.1) is 11.8 Å². The van der Waals surface area contributed by atoms with E-state index in [1.165, 1.54) is 0 Å². The van der Waals surface area contributed by atoms with E-state index in [0.717, 1.165) is 0 Å². The van der Waals surface area contributed by atoms with Crippen LogP contribution in [0.2, 0.25) is 0 Å². The van der Waals surface area contributed by atoms with Crippen LogP contribution in [0, 0.1) is 0 Å². The molecule has 0 spiro atoms. The van der Waals surface area contributed by atoms with Gasteiger partial charge in [0.05, 0.1) is 11.6 Å². The second kappa shape index (κ2) is 8.07. The van der Waals surface area contributed by atoms with Gasteiger partial charge >= 0.3 is 0 Å². The quantitative estimate of drug-likeness (QED) is 0.887. The van der Waals surface area contributed by atoms with E-state index in [1.807, 2.05) is 49.4 Å². The van der Waals surface area contributed by atoms with Gasteiger partial charge in [0.1, 0.15) is 11.8 Å². The number of ether oxygens (including phenoxy) is 1. The number of benzene rings is 2. The van der Waals surface area contributed by atoms with Crippen molar-refractivity contribution in [1.29, 1.82) is 0 Å². The highest BCUT2D eigenvalue weighted by Crippen LogP contribution is 2.30. The SMILES string of the molecule is CCC(=O)N1CSCC1C(=O)Nc1ccccc1Oc1ccccc1. The summed E-state index contributed by atoms with van der Waals surface area (Å²) in [6.07, 6.45) is 0.401. The number of amides is 2. The molecule has 2 aromatic carbocycles. The van der Waals surface area contributed by atoms with Crippen LogP contribution in [0.3, 0.4) is 0 Å². The number of nitrogens with zero attached hydrogens (tertiary/aromatic N) is 1. The Balaban J connectivity index is 1.74. The van der Waals surface area contributed by atoms with Crippen LogP contribution in [0.15, 0.2) is 54.6 Å². The van der Waals surface area contributed by atoms with Crippen molar-refractivity contribution < 1.29 is 14.3 Å². The van der Waals surface area contributed by atoms with Gasteiger partial charge in [-0.3, -0.25) is 9.59 Å². The molecule has 1 saturated heterocycles. The highest BCUT2D eigenvalue weighted by atomic mass is 32.2. The largest absolute Gasteiger partial charge is 0.455 e. The smallest absolute Gasteiger partial charge is 0.248 e. The predicted octanol–water partition coefficient (Wildman–Crippen LogP) is 3.73. The second-order valence-electron chi connectivity index (χ2n) is 5.63. The minimum absolute atomic E-state index is 0.000953. The fraction of sp³-hybridized carbons (Fsp3) is 0.263. The van der Waals surface area contributed by atoms with Gasteiger partial charge in [-0.2, -0.15) is 0 Å². The number of thioether (sulfide) groups is 1. The molecule has 0 saturated carbocycles. The van der Waals surface area contributed by atoms with E-state index >= 15 is 0 Å². The van der Waals surface area contributed by atoms with Crippen molar-refractivity contribution >= 4 is 29.3 Å². The van der Waals surface area contributed by atoms with Gasteiger partial charge in [0, 0.05) is 12.2 Å². The molecule has 2 amide bonds. The Morgan fingerprint density at radius 1 is 1.16 bits per heavy atom. The molecule has 0 radical (unpaired) electrons. The molecule has 1 heterocycles. The molecule has 1 N–H and O–H groups in total. The third-order valence-electron chi connectivity index (χ3n) is 3.92. The number of anilines is 1. The maximum absolute atomic E-state index is 12.7. The predicted molar refractivity (Wildman–Crippen MR) is 99.8 cm³/mol. The number of rotatable bonds is 5. The summed E-state index contributed by atoms with van der Waals surface area (Å²) in [5, 5.41) is 2.91. The Labute approximate surface area is 151 Å². The summed E-state index contributed by atoms with van der Waals surface area (Å²) < 4.78 is 5.87. The Kier molecular flexibility index (Phi) is 5.60. The summed E-state index contributed by atoms with van der Waals surface area (Å²) in [6.45, 7) is 1.81. The number of hydrogen-bond acceptors (Lipinski definition) is 4. The highest BCUT2D eigenvalue weighted by Gasteiger charge is 2.34. The third-order valence-corrected chi connectivity index (χ3v) is 4.94. The van der Waals surface area contributed by atoms with Gasteiger partial charge in [0.15, 0.2) is 5.75 Å². The fourth-order valence-corrected chi connectivity index (χ4v) is 3.78. The molecule has 1 fully saturated rings. The first kappa shape index (κ1) is 17.4. The van der Waals surface area contributed by atoms with Gasteiger partial charge in [-0.05, 0) is 24.3 Å². The van der Waals surface area contributed by atoms with Crippen molar-refractivity contribution in [3.05, 3.63) is 54.6 Å². The van der Waals surface area contributed by atoms with Crippen molar-refractivity contribution in [3.63, 3.8) is 0 Å². The number of hydrogen-bond donors (Lipinski definition) is 1. The third kappa shape index (κ3) is 4.14. The van der Waals surface area contributed by atoms with E-state index in [-0.39, 0.29) is 11.8 Å². The van der Waals surface area contributed by atoms with Crippen molar-refractivity contribution in [2.24, 2.45) is 0 Å². The van der Waals surface area contributed by atoms with E-state index in [1.54, 1.807) is 28.8 Å². The summed E-state index contributed by atoms with van der Waals surface area (Å²) in [7, 11) is 0. The van der Waals surface area contributed by atoms with Gasteiger partial charge < -0.3 is 15.0 Å². The molecule has 0 aromatic heterocycles. The molecule has 6 heteroatoms. The molecule has 1 aliphatic heterocycles. The molecule has 0 aliphatic carbocycles. The minimum Gasteiger partial charge on any atom is -0.455 e. The Hall–Kier alpha value is -2.47. The monoisotopic (exact) mass is 356 g/mol. The van der Waals surface area contributed by atoms with Crippen LogP contribution in [-0.4, -0.2) is 34.4 Å². The molecule has 130 valence electrons. The topological polar surface area (TPSA) is 58.6 Å². The van der Waals surface area contributed by atoms with E-state index < -0.39 is 6.04 Å². The lowest BCUT2D eigenvalue weighted by molar-refractivity contribution is -0.135. The van der Waals surface area contributed by atoms with Crippen molar-refractivity contribution in [3.8, 4) is 11.5 Å². The first-order chi connectivity index (χ1) is 12.2. The molecule has 3 rings (SSSR count). The zero-order valence-electron chi connectivity index (χ0n) is 14.0. The molecule has 1 aliphatic rings. The lowest BCUT2D eigenvalue weighted by Crippen LogP contribution is -2.44. The average Bonchev–Trinajstić information content (AvgIpc) is 3.13. The van der Waals surface area contributed by atoms with Crippen LogP contribution in [0.1, 0.15) is 13.3 Å². The van der Waals surface area contributed by atoms with Gasteiger partial charge in [0.25, 0.3) is 0 Å². The number of para-hydroxylation sites is 3. The minimum atomic E-state index is -0.442. The van der Waals surface area contributed by atoms with Crippen molar-refractivity contribution in [2.45, 2.75) is 19.4 Å². The standard InChI is InChI=1S/C19H20N2O3S/c1-2-18(22)21-13-25-12-16(21)19(23)20-15-10-6-7-11-17(15)24-14-8-4-3-5-9-14/h3-11,16H,2,12-13H2,1H3,(H,20,23). The van der Waals surface area contributed by atoms with E-state index in [0.29, 0.717) is 35.2 Å². The first-order valence-corrected chi connectivity index (χ1v) is 9.34. The molecule has 2 aromatic rings. The fourth-order valence-electron chi connectivity index (χ4n) is 2.60. The van der Waals surface area contributed by atoms with Crippen LogP contribution in [0.5, 0.6) is 11.5 Å². The zero-order chi connectivity index (χ0) is 17.6. The van der Waals surface area contributed by atoms with E-state index in [9.17, 15) is 9.59 Å². The summed E-state index contributed by atoms with van der Waals surface area (Å²) in [6, 6.07) is 16.3. The van der Waals surface area contributed by atoms with Crippen LogP contribution in [0.25, 0.3) is 0 Å². The van der Waals surface area contributed by atoms with Crippen molar-refractivity contribution in [2.75, 3.05) is 16.9 Å². The van der Waals surface area contributed by atoms with Gasteiger partial charge in [0.2, 0.25) is 11.8 Å². The summed E-state index contributed by atoms with van der Waals surface area (Å²) in [5.41, 5.74) is 0.595. The maximum atomic E-state index is 12.7.